The summed E-state index contributed by atoms with van der Waals surface area (Å²) >= 11 is 2.86. The van der Waals surface area contributed by atoms with Crippen LogP contribution in [-0.4, -0.2) is 35.1 Å². The molecule has 3 amide bonds. The first-order valence-corrected chi connectivity index (χ1v) is 16.0. The van der Waals surface area contributed by atoms with E-state index in [2.05, 4.69) is 27.0 Å². The monoisotopic (exact) mass is 636 g/mol. The fraction of sp³-hybridized carbons (Fsp3) is 0.143. The second-order valence-corrected chi connectivity index (χ2v) is 12.4. The molecule has 5 rings (SSSR count). The number of thiazole rings is 1. The van der Waals surface area contributed by atoms with Crippen LogP contribution >= 0.6 is 23.1 Å². The maximum atomic E-state index is 13.5. The number of rotatable bonds is 11. The van der Waals surface area contributed by atoms with Crippen LogP contribution < -0.4 is 20.7 Å². The van der Waals surface area contributed by atoms with Gasteiger partial charge in [-0.2, -0.15) is 0 Å². The van der Waals surface area contributed by atoms with E-state index in [1.807, 2.05) is 50.2 Å². The van der Waals surface area contributed by atoms with E-state index in [1.54, 1.807) is 67.8 Å². The number of aromatic nitrogens is 1. The van der Waals surface area contributed by atoms with Gasteiger partial charge in [0.15, 0.2) is 5.13 Å². The van der Waals surface area contributed by atoms with Crippen molar-refractivity contribution in [1.82, 2.24) is 10.3 Å². The predicted molar refractivity (Wildman–Crippen MR) is 183 cm³/mol. The number of hydrogen-bond donors (Lipinski definition) is 3. The third-order valence-electron chi connectivity index (χ3n) is 6.76. The van der Waals surface area contributed by atoms with Crippen molar-refractivity contribution < 1.29 is 19.1 Å². The van der Waals surface area contributed by atoms with Crippen LogP contribution in [0, 0.1) is 6.92 Å². The van der Waals surface area contributed by atoms with E-state index in [9.17, 15) is 14.4 Å². The Morgan fingerprint density at radius 3 is 2.44 bits per heavy atom. The average molecular weight is 637 g/mol. The van der Waals surface area contributed by atoms with Gasteiger partial charge in [-0.1, -0.05) is 60.7 Å². The van der Waals surface area contributed by atoms with Crippen LogP contribution in [0.15, 0.2) is 108 Å². The van der Waals surface area contributed by atoms with Gasteiger partial charge in [0, 0.05) is 16.1 Å². The third-order valence-corrected chi connectivity index (χ3v) is 9.05. The number of methoxy groups -OCH3 is 1. The van der Waals surface area contributed by atoms with Crippen molar-refractivity contribution in [1.29, 1.82) is 0 Å². The van der Waals surface area contributed by atoms with Gasteiger partial charge in [-0.3, -0.25) is 14.4 Å². The minimum Gasteiger partial charge on any atom is -0.497 e. The summed E-state index contributed by atoms with van der Waals surface area (Å²) in [6, 6.07) is 29.1. The highest BCUT2D eigenvalue weighted by atomic mass is 32.2. The van der Waals surface area contributed by atoms with E-state index in [0.29, 0.717) is 34.1 Å². The summed E-state index contributed by atoms with van der Waals surface area (Å²) in [7, 11) is 1.58. The van der Waals surface area contributed by atoms with Gasteiger partial charge in [0.05, 0.1) is 22.6 Å². The number of thioether (sulfide) groups is 1. The molecule has 5 aromatic rings. The Morgan fingerprint density at radius 1 is 0.933 bits per heavy atom. The van der Waals surface area contributed by atoms with E-state index in [0.717, 1.165) is 20.7 Å². The van der Waals surface area contributed by atoms with Gasteiger partial charge >= 0.3 is 0 Å². The van der Waals surface area contributed by atoms with E-state index in [-0.39, 0.29) is 16.9 Å². The SMILES string of the molecule is CCC(Sc1cccc(NC(=O)/C(=C\c2ccc(OC)cc2)NC(=O)c2ccccc2)c1)C(=O)Nc1nc2ccc(C)cc2s1. The molecule has 4 aromatic carbocycles. The smallest absolute Gasteiger partial charge is 0.272 e. The number of fused-ring (bicyclic) bond motifs is 1. The van der Waals surface area contributed by atoms with E-state index < -0.39 is 11.8 Å². The van der Waals surface area contributed by atoms with Crippen molar-refractivity contribution in [3.63, 3.8) is 0 Å². The number of aryl methyl sites for hydroxylation is 1. The molecule has 0 saturated carbocycles. The van der Waals surface area contributed by atoms with Crippen LogP contribution in [0.1, 0.15) is 34.8 Å². The molecular weight excluding hydrogens is 605 g/mol. The number of nitrogens with zero attached hydrogens (tertiary/aromatic N) is 1. The summed E-state index contributed by atoms with van der Waals surface area (Å²) in [4.78, 5) is 45.0. The van der Waals surface area contributed by atoms with Crippen LogP contribution in [0.2, 0.25) is 0 Å². The first-order chi connectivity index (χ1) is 21.8. The van der Waals surface area contributed by atoms with E-state index in [4.69, 9.17) is 4.74 Å². The second-order valence-electron chi connectivity index (χ2n) is 10.1. The molecule has 0 bridgehead atoms. The van der Waals surface area contributed by atoms with E-state index in [1.165, 1.54) is 23.1 Å². The zero-order valence-corrected chi connectivity index (χ0v) is 26.6. The molecule has 0 aliphatic rings. The van der Waals surface area contributed by atoms with Gasteiger partial charge in [0.25, 0.3) is 11.8 Å². The lowest BCUT2D eigenvalue weighted by atomic mass is 10.1. The van der Waals surface area contributed by atoms with Crippen molar-refractivity contribution in [2.24, 2.45) is 0 Å². The maximum absolute atomic E-state index is 13.5. The molecule has 1 unspecified atom stereocenters. The lowest BCUT2D eigenvalue weighted by molar-refractivity contribution is -0.116. The molecular formula is C35H32N4O4S2. The summed E-state index contributed by atoms with van der Waals surface area (Å²) < 4.78 is 6.25. The van der Waals surface area contributed by atoms with Gasteiger partial charge in [-0.05, 0) is 85.1 Å². The molecule has 0 spiro atoms. The number of carbonyl (C=O) groups excluding carboxylic acids is 3. The number of amides is 3. The van der Waals surface area contributed by atoms with Gasteiger partial charge in [0.2, 0.25) is 5.91 Å². The van der Waals surface area contributed by atoms with E-state index >= 15 is 0 Å². The van der Waals surface area contributed by atoms with Crippen LogP contribution in [-0.2, 0) is 9.59 Å². The van der Waals surface area contributed by atoms with Crippen LogP contribution in [0.5, 0.6) is 5.75 Å². The molecule has 0 radical (unpaired) electrons. The Balaban J connectivity index is 1.30. The molecule has 45 heavy (non-hydrogen) atoms. The van der Waals surface area contributed by atoms with Crippen molar-refractivity contribution >= 4 is 67.9 Å². The first-order valence-electron chi connectivity index (χ1n) is 14.3. The number of nitrogens with one attached hydrogen (secondary N) is 3. The molecule has 0 fully saturated rings. The number of benzene rings is 4. The highest BCUT2D eigenvalue weighted by molar-refractivity contribution is 8.00. The van der Waals surface area contributed by atoms with Crippen molar-refractivity contribution in [3.05, 3.63) is 119 Å². The Labute approximate surface area is 269 Å². The Bertz CT molecular complexity index is 1850. The Kier molecular flexibility index (Phi) is 10.3. The number of hydrogen-bond acceptors (Lipinski definition) is 7. The van der Waals surface area contributed by atoms with Gasteiger partial charge in [-0.25, -0.2) is 4.98 Å². The summed E-state index contributed by atoms with van der Waals surface area (Å²) in [5.74, 6) is -0.362. The zero-order valence-electron chi connectivity index (χ0n) is 25.0. The fourth-order valence-corrected chi connectivity index (χ4v) is 6.39. The molecule has 1 atom stereocenters. The summed E-state index contributed by atoms with van der Waals surface area (Å²) in [5.41, 5.74) is 3.72. The number of carbonyl (C=O) groups is 3. The normalized spacial score (nSPS) is 11.9. The van der Waals surface area contributed by atoms with Crippen LogP contribution in [0.3, 0.4) is 0 Å². The topological polar surface area (TPSA) is 109 Å². The van der Waals surface area contributed by atoms with Crippen molar-refractivity contribution in [2.75, 3.05) is 17.7 Å². The highest BCUT2D eigenvalue weighted by Gasteiger charge is 2.21. The standard InChI is InChI=1S/C35H32N4O4S2/c1-4-30(34(42)39-35-38-28-18-13-22(2)19-31(28)45-35)44-27-12-8-11-25(21-27)36-33(41)29(20-23-14-16-26(43-3)17-15-23)37-32(40)24-9-6-5-7-10-24/h5-21,30H,4H2,1-3H3,(H,36,41)(H,37,40)(H,38,39,42)/b29-20+. The van der Waals surface area contributed by atoms with Gasteiger partial charge < -0.3 is 20.7 Å². The molecule has 1 heterocycles. The first kappa shape index (κ1) is 31.5. The summed E-state index contributed by atoms with van der Waals surface area (Å²) in [5, 5.41) is 8.80. The van der Waals surface area contributed by atoms with Crippen molar-refractivity contribution in [3.8, 4) is 5.75 Å². The molecule has 228 valence electrons. The number of anilines is 2. The molecule has 10 heteroatoms. The lowest BCUT2D eigenvalue weighted by Gasteiger charge is -2.15. The summed E-state index contributed by atoms with van der Waals surface area (Å²) in [6.07, 6.45) is 2.20. The zero-order chi connectivity index (χ0) is 31.8. The molecule has 0 aliphatic heterocycles. The Morgan fingerprint density at radius 2 is 1.71 bits per heavy atom. The lowest BCUT2D eigenvalue weighted by Crippen LogP contribution is -2.30. The van der Waals surface area contributed by atoms with Gasteiger partial charge in [0.1, 0.15) is 11.4 Å². The molecule has 0 saturated heterocycles. The minimum absolute atomic E-state index is 0.0731. The molecule has 0 aliphatic carbocycles. The summed E-state index contributed by atoms with van der Waals surface area (Å²) in [6.45, 7) is 3.98. The molecule has 1 aromatic heterocycles. The van der Waals surface area contributed by atoms with Gasteiger partial charge in [-0.15, -0.1) is 11.8 Å². The maximum Gasteiger partial charge on any atom is 0.272 e. The highest BCUT2D eigenvalue weighted by Crippen LogP contribution is 2.31. The van der Waals surface area contributed by atoms with Crippen molar-refractivity contribution in [2.45, 2.75) is 30.4 Å². The fourth-order valence-electron chi connectivity index (χ4n) is 4.41. The van der Waals surface area contributed by atoms with Crippen LogP contribution in [0.25, 0.3) is 16.3 Å². The number of ether oxygens (including phenoxy) is 1. The largest absolute Gasteiger partial charge is 0.497 e. The second kappa shape index (κ2) is 14.7. The molecule has 3 N–H and O–H groups in total. The average Bonchev–Trinajstić information content (AvgIpc) is 3.45. The van der Waals surface area contributed by atoms with Crippen LogP contribution in [0.4, 0.5) is 10.8 Å². The minimum atomic E-state index is -0.492. The third kappa shape index (κ3) is 8.37. The quantitative estimate of drug-likeness (QED) is 0.102. The Hall–Kier alpha value is -4.93. The molecule has 8 nitrogen and oxygen atoms in total. The predicted octanol–water partition coefficient (Wildman–Crippen LogP) is 7.53.